The van der Waals surface area contributed by atoms with Gasteiger partial charge in [0.2, 0.25) is 12.7 Å². The van der Waals surface area contributed by atoms with E-state index in [9.17, 15) is 4.79 Å². The number of rotatable bonds is 8. The molecule has 0 spiro atoms. The minimum absolute atomic E-state index is 0.102. The molecule has 0 aromatic heterocycles. The molecule has 4 rings (SSSR count). The van der Waals surface area contributed by atoms with Crippen molar-refractivity contribution < 1.29 is 14.3 Å². The van der Waals surface area contributed by atoms with Crippen LogP contribution in [0.2, 0.25) is 5.02 Å². The van der Waals surface area contributed by atoms with Crippen LogP contribution < -0.4 is 20.1 Å². The minimum atomic E-state index is -0.112. The SMILES string of the molecule is CC(C)N1C[C@H](NCc2ccc(Cl)cc2)C[C@H]1C(=O)NCCc1ccc2c(c1)OCO2. The summed E-state index contributed by atoms with van der Waals surface area (Å²) in [6, 6.07) is 14.3. The maximum Gasteiger partial charge on any atom is 0.237 e. The van der Waals surface area contributed by atoms with Crippen LogP contribution in [0.3, 0.4) is 0 Å². The Morgan fingerprint density at radius 2 is 1.87 bits per heavy atom. The van der Waals surface area contributed by atoms with Crippen molar-refractivity contribution >= 4 is 17.5 Å². The molecule has 1 amide bonds. The zero-order chi connectivity index (χ0) is 21.8. The molecule has 31 heavy (non-hydrogen) atoms. The monoisotopic (exact) mass is 443 g/mol. The molecule has 0 radical (unpaired) electrons. The maximum absolute atomic E-state index is 13.0. The molecule has 2 heterocycles. The molecule has 2 aromatic carbocycles. The van der Waals surface area contributed by atoms with Crippen LogP contribution in [0.5, 0.6) is 11.5 Å². The van der Waals surface area contributed by atoms with Gasteiger partial charge in [0, 0.05) is 36.7 Å². The smallest absolute Gasteiger partial charge is 0.237 e. The summed E-state index contributed by atoms with van der Waals surface area (Å²) in [5.74, 6) is 1.66. The van der Waals surface area contributed by atoms with Crippen LogP contribution in [-0.2, 0) is 17.8 Å². The third-order valence-electron chi connectivity index (χ3n) is 5.96. The maximum atomic E-state index is 13.0. The minimum Gasteiger partial charge on any atom is -0.454 e. The molecule has 0 unspecified atom stereocenters. The Balaban J connectivity index is 1.28. The molecular weight excluding hydrogens is 414 g/mol. The van der Waals surface area contributed by atoms with Crippen LogP contribution in [0, 0.1) is 0 Å². The fourth-order valence-corrected chi connectivity index (χ4v) is 4.37. The average molecular weight is 444 g/mol. The van der Waals surface area contributed by atoms with Gasteiger partial charge in [0.1, 0.15) is 0 Å². The van der Waals surface area contributed by atoms with Gasteiger partial charge in [-0.2, -0.15) is 0 Å². The first-order chi connectivity index (χ1) is 15.0. The third kappa shape index (κ3) is 5.50. The summed E-state index contributed by atoms with van der Waals surface area (Å²) in [7, 11) is 0. The van der Waals surface area contributed by atoms with E-state index in [1.165, 1.54) is 5.56 Å². The molecule has 2 aromatic rings. The van der Waals surface area contributed by atoms with Crippen LogP contribution in [-0.4, -0.2) is 48.8 Å². The predicted molar refractivity (Wildman–Crippen MR) is 122 cm³/mol. The first-order valence-electron chi connectivity index (χ1n) is 10.9. The highest BCUT2D eigenvalue weighted by Gasteiger charge is 2.37. The molecule has 2 aliphatic rings. The lowest BCUT2D eigenvalue weighted by Crippen LogP contribution is -2.46. The van der Waals surface area contributed by atoms with E-state index in [1.54, 1.807) is 0 Å². The molecule has 6 nitrogen and oxygen atoms in total. The highest BCUT2D eigenvalue weighted by atomic mass is 35.5. The molecule has 1 saturated heterocycles. The lowest BCUT2D eigenvalue weighted by Gasteiger charge is -2.27. The van der Waals surface area contributed by atoms with Crippen LogP contribution in [0.4, 0.5) is 0 Å². The molecule has 0 aliphatic carbocycles. The summed E-state index contributed by atoms with van der Waals surface area (Å²) in [6.45, 7) is 6.81. The summed E-state index contributed by atoms with van der Waals surface area (Å²) in [5.41, 5.74) is 2.32. The zero-order valence-corrected chi connectivity index (χ0v) is 18.8. The van der Waals surface area contributed by atoms with Crippen molar-refractivity contribution in [3.8, 4) is 11.5 Å². The standard InChI is InChI=1S/C24H30ClN3O3/c1-16(2)28-14-20(27-13-18-3-6-19(25)7-4-18)12-21(28)24(29)26-10-9-17-5-8-22-23(11-17)31-15-30-22/h3-8,11,16,20-21,27H,9-10,12-15H2,1-2H3,(H,26,29)/t20-,21+/m1/s1. The van der Waals surface area contributed by atoms with Crippen LogP contribution in [0.1, 0.15) is 31.4 Å². The Kier molecular flexibility index (Phi) is 7.00. The van der Waals surface area contributed by atoms with Crippen LogP contribution >= 0.6 is 11.6 Å². The molecule has 166 valence electrons. The number of hydrogen-bond donors (Lipinski definition) is 2. The highest BCUT2D eigenvalue weighted by molar-refractivity contribution is 6.30. The van der Waals surface area contributed by atoms with Gasteiger partial charge in [-0.1, -0.05) is 29.8 Å². The van der Waals surface area contributed by atoms with E-state index in [4.69, 9.17) is 21.1 Å². The van der Waals surface area contributed by atoms with Crippen molar-refractivity contribution in [1.29, 1.82) is 0 Å². The van der Waals surface area contributed by atoms with E-state index in [2.05, 4.69) is 29.4 Å². The van der Waals surface area contributed by atoms with E-state index in [0.29, 0.717) is 12.6 Å². The summed E-state index contributed by atoms with van der Waals surface area (Å²) in [6.07, 6.45) is 1.57. The molecule has 0 saturated carbocycles. The normalized spacial score (nSPS) is 20.4. The Labute approximate surface area is 188 Å². The number of fused-ring (bicyclic) bond motifs is 1. The Morgan fingerprint density at radius 1 is 1.13 bits per heavy atom. The van der Waals surface area contributed by atoms with E-state index in [1.807, 2.05) is 42.5 Å². The molecule has 2 atom stereocenters. The summed E-state index contributed by atoms with van der Waals surface area (Å²) in [4.78, 5) is 15.2. The number of carbonyl (C=O) groups is 1. The van der Waals surface area contributed by atoms with Gasteiger partial charge in [-0.25, -0.2) is 0 Å². The van der Waals surface area contributed by atoms with Gasteiger partial charge in [0.25, 0.3) is 0 Å². The first-order valence-corrected chi connectivity index (χ1v) is 11.3. The van der Waals surface area contributed by atoms with Gasteiger partial charge >= 0.3 is 0 Å². The average Bonchev–Trinajstić information content (AvgIpc) is 3.40. The molecular formula is C24H30ClN3O3. The second kappa shape index (κ2) is 9.90. The Morgan fingerprint density at radius 3 is 2.65 bits per heavy atom. The van der Waals surface area contributed by atoms with Crippen molar-refractivity contribution in [2.45, 2.75) is 51.4 Å². The summed E-state index contributed by atoms with van der Waals surface area (Å²) in [5, 5.41) is 7.48. The van der Waals surface area contributed by atoms with Gasteiger partial charge in [-0.05, 0) is 62.1 Å². The highest BCUT2D eigenvalue weighted by Crippen LogP contribution is 2.32. The van der Waals surface area contributed by atoms with Crippen molar-refractivity contribution in [3.05, 3.63) is 58.6 Å². The quantitative estimate of drug-likeness (QED) is 0.655. The van der Waals surface area contributed by atoms with Crippen molar-refractivity contribution in [2.75, 3.05) is 19.9 Å². The molecule has 0 bridgehead atoms. The van der Waals surface area contributed by atoms with Gasteiger partial charge in [0.05, 0.1) is 6.04 Å². The van der Waals surface area contributed by atoms with Crippen LogP contribution in [0.25, 0.3) is 0 Å². The van der Waals surface area contributed by atoms with Gasteiger partial charge < -0.3 is 20.1 Å². The molecule has 2 aliphatic heterocycles. The number of carbonyl (C=O) groups excluding carboxylic acids is 1. The van der Waals surface area contributed by atoms with E-state index < -0.39 is 0 Å². The number of halogens is 1. The number of ether oxygens (including phenoxy) is 2. The number of benzene rings is 2. The second-order valence-electron chi connectivity index (χ2n) is 8.47. The van der Waals surface area contributed by atoms with Gasteiger partial charge in [-0.3, -0.25) is 9.69 Å². The summed E-state index contributed by atoms with van der Waals surface area (Å²) < 4.78 is 10.8. The number of hydrogen-bond acceptors (Lipinski definition) is 5. The summed E-state index contributed by atoms with van der Waals surface area (Å²) >= 11 is 5.97. The second-order valence-corrected chi connectivity index (χ2v) is 8.91. The zero-order valence-electron chi connectivity index (χ0n) is 18.1. The lowest BCUT2D eigenvalue weighted by molar-refractivity contribution is -0.126. The predicted octanol–water partition coefficient (Wildman–Crippen LogP) is 3.37. The van der Waals surface area contributed by atoms with E-state index in [0.717, 1.165) is 48.0 Å². The fraction of sp³-hybridized carbons (Fsp3) is 0.458. The molecule has 1 fully saturated rings. The third-order valence-corrected chi connectivity index (χ3v) is 6.22. The number of likely N-dealkylation sites (tertiary alicyclic amines) is 1. The molecule has 7 heteroatoms. The van der Waals surface area contributed by atoms with E-state index >= 15 is 0 Å². The Bertz CT molecular complexity index is 903. The fourth-order valence-electron chi connectivity index (χ4n) is 4.25. The largest absolute Gasteiger partial charge is 0.454 e. The van der Waals surface area contributed by atoms with Crippen LogP contribution in [0.15, 0.2) is 42.5 Å². The number of nitrogens with one attached hydrogen (secondary N) is 2. The van der Waals surface area contributed by atoms with Gasteiger partial charge in [0.15, 0.2) is 11.5 Å². The van der Waals surface area contributed by atoms with E-state index in [-0.39, 0.29) is 24.8 Å². The van der Waals surface area contributed by atoms with Crippen molar-refractivity contribution in [2.24, 2.45) is 0 Å². The molecule has 2 N–H and O–H groups in total. The van der Waals surface area contributed by atoms with Gasteiger partial charge in [-0.15, -0.1) is 0 Å². The topological polar surface area (TPSA) is 62.8 Å². The first kappa shape index (κ1) is 21.9. The lowest BCUT2D eigenvalue weighted by atomic mass is 10.1. The van der Waals surface area contributed by atoms with Crippen molar-refractivity contribution in [1.82, 2.24) is 15.5 Å². The Hall–Kier alpha value is -2.28. The van der Waals surface area contributed by atoms with Crippen molar-refractivity contribution in [3.63, 3.8) is 0 Å². The number of nitrogens with zero attached hydrogens (tertiary/aromatic N) is 1. The number of amides is 1.